The molecule has 22 heavy (non-hydrogen) atoms. The molecule has 6 nitrogen and oxygen atoms in total. The number of aryl methyl sites for hydroxylation is 1. The minimum absolute atomic E-state index is 0.763. The largest absolute Gasteiger partial charge is 0.221 e. The molecule has 0 radical (unpaired) electrons. The first-order valence-corrected chi connectivity index (χ1v) is 7.57. The van der Waals surface area contributed by atoms with Crippen LogP contribution in [0, 0.1) is 6.92 Å². The zero-order chi connectivity index (χ0) is 14.9. The second-order valence-corrected chi connectivity index (χ2v) is 5.95. The minimum atomic E-state index is 0.763. The Kier molecular flexibility index (Phi) is 3.12. The van der Waals surface area contributed by atoms with Gasteiger partial charge in [-0.1, -0.05) is 11.8 Å². The van der Waals surface area contributed by atoms with Crippen molar-refractivity contribution in [3.63, 3.8) is 0 Å². The first kappa shape index (κ1) is 13.0. The number of benzene rings is 2. The van der Waals surface area contributed by atoms with Crippen molar-refractivity contribution < 1.29 is 0 Å². The average Bonchev–Trinajstić information content (AvgIpc) is 3.16. The van der Waals surface area contributed by atoms with Crippen LogP contribution < -0.4 is 0 Å². The van der Waals surface area contributed by atoms with Crippen LogP contribution in [0.1, 0.15) is 5.82 Å². The number of fused-ring (bicyclic) bond motifs is 1. The van der Waals surface area contributed by atoms with Gasteiger partial charge in [-0.3, -0.25) is 0 Å². The van der Waals surface area contributed by atoms with Gasteiger partial charge in [-0.05, 0) is 49.4 Å². The predicted molar refractivity (Wildman–Crippen MR) is 84.1 cm³/mol. The number of hydrogen-bond donors (Lipinski definition) is 1. The highest BCUT2D eigenvalue weighted by molar-refractivity contribution is 7.99. The second-order valence-electron chi connectivity index (χ2n) is 4.81. The molecule has 2 heterocycles. The van der Waals surface area contributed by atoms with Gasteiger partial charge in [0.25, 0.3) is 0 Å². The lowest BCUT2D eigenvalue weighted by molar-refractivity contribution is 0.861. The quantitative estimate of drug-likeness (QED) is 0.630. The standard InChI is InChI=1S/C15H12N6S/c1-10-16-9-21(19-10)11-2-4-12(5-3-11)22-13-6-7-14-15(8-13)18-20-17-14/h2-9H,1H3,(H,17,18,20). The van der Waals surface area contributed by atoms with Crippen molar-refractivity contribution in [3.8, 4) is 5.69 Å². The summed E-state index contributed by atoms with van der Waals surface area (Å²) in [6.45, 7) is 1.88. The van der Waals surface area contributed by atoms with Gasteiger partial charge in [0.2, 0.25) is 0 Å². The number of aromatic amines is 1. The van der Waals surface area contributed by atoms with Crippen molar-refractivity contribution in [3.05, 3.63) is 54.6 Å². The summed E-state index contributed by atoms with van der Waals surface area (Å²) in [5.41, 5.74) is 2.75. The van der Waals surface area contributed by atoms with Gasteiger partial charge < -0.3 is 0 Å². The third-order valence-electron chi connectivity index (χ3n) is 3.23. The van der Waals surface area contributed by atoms with Crippen molar-refractivity contribution in [1.29, 1.82) is 0 Å². The Labute approximate surface area is 130 Å². The number of H-pyrrole nitrogens is 1. The van der Waals surface area contributed by atoms with Crippen molar-refractivity contribution in [2.24, 2.45) is 0 Å². The number of nitrogens with one attached hydrogen (secondary N) is 1. The van der Waals surface area contributed by atoms with E-state index in [1.165, 1.54) is 0 Å². The first-order valence-electron chi connectivity index (χ1n) is 6.75. The van der Waals surface area contributed by atoms with E-state index in [4.69, 9.17) is 0 Å². The maximum atomic E-state index is 4.30. The molecular weight excluding hydrogens is 296 g/mol. The van der Waals surface area contributed by atoms with Crippen molar-refractivity contribution in [1.82, 2.24) is 30.2 Å². The summed E-state index contributed by atoms with van der Waals surface area (Å²) in [6.07, 6.45) is 1.72. The third-order valence-corrected chi connectivity index (χ3v) is 4.23. The van der Waals surface area contributed by atoms with E-state index in [-0.39, 0.29) is 0 Å². The molecule has 0 aliphatic rings. The first-order chi connectivity index (χ1) is 10.8. The second kappa shape index (κ2) is 5.27. The Balaban J connectivity index is 1.57. The molecule has 0 spiro atoms. The van der Waals surface area contributed by atoms with Gasteiger partial charge in [0.15, 0.2) is 0 Å². The molecule has 0 saturated carbocycles. The van der Waals surface area contributed by atoms with Crippen LogP contribution in [0.15, 0.2) is 58.6 Å². The fraction of sp³-hybridized carbons (Fsp3) is 0.0667. The number of hydrogen-bond acceptors (Lipinski definition) is 5. The molecule has 0 aliphatic carbocycles. The zero-order valence-corrected chi connectivity index (χ0v) is 12.6. The maximum Gasteiger partial charge on any atom is 0.147 e. The van der Waals surface area contributed by atoms with Crippen molar-refractivity contribution >= 4 is 22.8 Å². The molecular formula is C15H12N6S. The molecule has 2 aromatic carbocycles. The Morgan fingerprint density at radius 2 is 1.73 bits per heavy atom. The molecule has 0 saturated heterocycles. The molecule has 2 aromatic heterocycles. The fourth-order valence-electron chi connectivity index (χ4n) is 2.16. The van der Waals surface area contributed by atoms with Gasteiger partial charge in [-0.2, -0.15) is 20.5 Å². The third kappa shape index (κ3) is 2.46. The zero-order valence-electron chi connectivity index (χ0n) is 11.8. The molecule has 0 atom stereocenters. The molecule has 4 aromatic rings. The summed E-state index contributed by atoms with van der Waals surface area (Å²) in [7, 11) is 0. The van der Waals surface area contributed by atoms with E-state index >= 15 is 0 Å². The number of rotatable bonds is 3. The van der Waals surface area contributed by atoms with Gasteiger partial charge in [0.1, 0.15) is 23.2 Å². The molecule has 0 bridgehead atoms. The van der Waals surface area contributed by atoms with E-state index in [1.807, 2.05) is 37.3 Å². The summed E-state index contributed by atoms with van der Waals surface area (Å²) in [5, 5.41) is 15.1. The Morgan fingerprint density at radius 3 is 2.50 bits per heavy atom. The smallest absolute Gasteiger partial charge is 0.147 e. The number of aromatic nitrogens is 6. The van der Waals surface area contributed by atoms with E-state index in [0.29, 0.717) is 0 Å². The monoisotopic (exact) mass is 308 g/mol. The fourth-order valence-corrected chi connectivity index (χ4v) is 3.01. The molecule has 0 amide bonds. The van der Waals surface area contributed by atoms with Crippen LogP contribution in [0.5, 0.6) is 0 Å². The van der Waals surface area contributed by atoms with Crippen LogP contribution in [0.4, 0.5) is 0 Å². The van der Waals surface area contributed by atoms with E-state index in [2.05, 4.69) is 37.6 Å². The molecule has 0 fully saturated rings. The highest BCUT2D eigenvalue weighted by Crippen LogP contribution is 2.29. The lowest BCUT2D eigenvalue weighted by Crippen LogP contribution is -1.94. The van der Waals surface area contributed by atoms with Crippen LogP contribution in [-0.2, 0) is 0 Å². The Bertz CT molecular complexity index is 925. The predicted octanol–water partition coefficient (Wildman–Crippen LogP) is 3.00. The van der Waals surface area contributed by atoms with Gasteiger partial charge in [0, 0.05) is 9.79 Å². The van der Waals surface area contributed by atoms with Crippen LogP contribution in [-0.4, -0.2) is 30.2 Å². The minimum Gasteiger partial charge on any atom is -0.221 e. The summed E-state index contributed by atoms with van der Waals surface area (Å²) >= 11 is 1.69. The van der Waals surface area contributed by atoms with Crippen LogP contribution in [0.2, 0.25) is 0 Å². The summed E-state index contributed by atoms with van der Waals surface area (Å²) in [5.74, 6) is 0.763. The van der Waals surface area contributed by atoms with Crippen molar-refractivity contribution in [2.45, 2.75) is 16.7 Å². The summed E-state index contributed by atoms with van der Waals surface area (Å²) in [6, 6.07) is 14.3. The topological polar surface area (TPSA) is 72.3 Å². The van der Waals surface area contributed by atoms with Crippen LogP contribution in [0.25, 0.3) is 16.7 Å². The summed E-state index contributed by atoms with van der Waals surface area (Å²) in [4.78, 5) is 6.42. The summed E-state index contributed by atoms with van der Waals surface area (Å²) < 4.78 is 1.77. The maximum absolute atomic E-state index is 4.30. The lowest BCUT2D eigenvalue weighted by Gasteiger charge is -2.04. The highest BCUT2D eigenvalue weighted by Gasteiger charge is 2.03. The van der Waals surface area contributed by atoms with E-state index in [0.717, 1.165) is 32.3 Å². The van der Waals surface area contributed by atoms with E-state index in [1.54, 1.807) is 22.8 Å². The molecule has 1 N–H and O–H groups in total. The van der Waals surface area contributed by atoms with E-state index in [9.17, 15) is 0 Å². The van der Waals surface area contributed by atoms with Gasteiger partial charge in [0.05, 0.1) is 5.69 Å². The average molecular weight is 308 g/mol. The van der Waals surface area contributed by atoms with Gasteiger partial charge >= 0.3 is 0 Å². The van der Waals surface area contributed by atoms with Gasteiger partial charge in [-0.15, -0.1) is 0 Å². The normalized spacial score (nSPS) is 11.1. The molecule has 108 valence electrons. The molecule has 7 heteroatoms. The van der Waals surface area contributed by atoms with Crippen LogP contribution >= 0.6 is 11.8 Å². The number of nitrogens with zero attached hydrogens (tertiary/aromatic N) is 5. The molecule has 0 aliphatic heterocycles. The molecule has 0 unspecified atom stereocenters. The van der Waals surface area contributed by atoms with Crippen molar-refractivity contribution in [2.75, 3.05) is 0 Å². The Morgan fingerprint density at radius 1 is 0.955 bits per heavy atom. The highest BCUT2D eigenvalue weighted by atomic mass is 32.2. The lowest BCUT2D eigenvalue weighted by atomic mass is 10.3. The Hall–Kier alpha value is -2.67. The molecule has 4 rings (SSSR count). The van der Waals surface area contributed by atoms with Crippen LogP contribution in [0.3, 0.4) is 0 Å². The van der Waals surface area contributed by atoms with E-state index < -0.39 is 0 Å². The SMILES string of the molecule is Cc1ncn(-c2ccc(Sc3ccc4n[nH]nc4c3)cc2)n1. The van der Waals surface area contributed by atoms with Gasteiger partial charge in [-0.25, -0.2) is 9.67 Å².